The number of methoxy groups -OCH3 is 1. The molecule has 1 aromatic heterocycles. The lowest BCUT2D eigenvalue weighted by Gasteiger charge is -2.15. The van der Waals surface area contributed by atoms with Crippen molar-refractivity contribution in [3.05, 3.63) is 72.3 Å². The number of aromatic nitrogens is 2. The Bertz CT molecular complexity index is 960. The maximum atomic E-state index is 5.64. The molecular formula is C23H30IN5O2. The van der Waals surface area contributed by atoms with E-state index in [0.717, 1.165) is 24.5 Å². The highest BCUT2D eigenvalue weighted by Crippen LogP contribution is 2.30. The molecule has 31 heavy (non-hydrogen) atoms. The van der Waals surface area contributed by atoms with Crippen LogP contribution in [0.4, 0.5) is 5.69 Å². The summed E-state index contributed by atoms with van der Waals surface area (Å²) in [6.07, 6.45) is 4.65. The average Bonchev–Trinajstić information content (AvgIpc) is 3.21. The Labute approximate surface area is 200 Å². The molecule has 1 heterocycles. The van der Waals surface area contributed by atoms with Crippen LogP contribution in [0.1, 0.15) is 18.3 Å². The molecule has 0 atom stereocenters. The molecule has 0 unspecified atom stereocenters. The van der Waals surface area contributed by atoms with Crippen LogP contribution >= 0.6 is 24.0 Å². The van der Waals surface area contributed by atoms with Gasteiger partial charge in [0.25, 0.3) is 0 Å². The van der Waals surface area contributed by atoms with Gasteiger partial charge >= 0.3 is 0 Å². The second kappa shape index (κ2) is 12.8. The van der Waals surface area contributed by atoms with Crippen molar-refractivity contribution < 1.29 is 9.47 Å². The zero-order valence-corrected chi connectivity index (χ0v) is 20.5. The SMILES string of the molecule is CCOc1cc(NC(=NC)NCCc2nccn2Cc2ccccc2)ccc1OC.I. The lowest BCUT2D eigenvalue weighted by Crippen LogP contribution is -2.32. The third kappa shape index (κ3) is 7.16. The fourth-order valence-corrected chi connectivity index (χ4v) is 3.12. The molecule has 8 heteroatoms. The third-order valence-electron chi connectivity index (χ3n) is 4.59. The number of benzene rings is 2. The van der Waals surface area contributed by atoms with Crippen LogP contribution in [0, 0.1) is 0 Å². The van der Waals surface area contributed by atoms with Gasteiger partial charge in [0.2, 0.25) is 0 Å². The first-order valence-corrected chi connectivity index (χ1v) is 10.1. The number of halogens is 1. The van der Waals surface area contributed by atoms with Gasteiger partial charge in [-0.3, -0.25) is 4.99 Å². The van der Waals surface area contributed by atoms with Crippen LogP contribution in [-0.2, 0) is 13.0 Å². The first-order chi connectivity index (χ1) is 14.7. The normalized spacial score (nSPS) is 10.9. The van der Waals surface area contributed by atoms with Gasteiger partial charge in [-0.25, -0.2) is 4.98 Å². The van der Waals surface area contributed by atoms with E-state index in [4.69, 9.17) is 9.47 Å². The molecule has 0 bridgehead atoms. The Kier molecular flexibility index (Phi) is 10.2. The summed E-state index contributed by atoms with van der Waals surface area (Å²) in [4.78, 5) is 8.81. The molecule has 3 aromatic rings. The summed E-state index contributed by atoms with van der Waals surface area (Å²) in [5.74, 6) is 3.12. The van der Waals surface area contributed by atoms with E-state index in [0.29, 0.717) is 30.6 Å². The first kappa shape index (κ1) is 24.5. The van der Waals surface area contributed by atoms with Crippen molar-refractivity contribution in [2.45, 2.75) is 19.9 Å². The highest BCUT2D eigenvalue weighted by Gasteiger charge is 2.08. The van der Waals surface area contributed by atoms with Crippen molar-refractivity contribution in [1.82, 2.24) is 14.9 Å². The Balaban J connectivity index is 0.00000341. The Morgan fingerprint density at radius 2 is 1.94 bits per heavy atom. The van der Waals surface area contributed by atoms with E-state index < -0.39 is 0 Å². The summed E-state index contributed by atoms with van der Waals surface area (Å²) in [5, 5.41) is 6.63. The van der Waals surface area contributed by atoms with Crippen molar-refractivity contribution in [2.24, 2.45) is 4.99 Å². The van der Waals surface area contributed by atoms with E-state index in [1.54, 1.807) is 14.2 Å². The van der Waals surface area contributed by atoms with E-state index in [9.17, 15) is 0 Å². The molecule has 0 saturated heterocycles. The molecule has 0 aliphatic rings. The predicted molar refractivity (Wildman–Crippen MR) is 136 cm³/mol. The topological polar surface area (TPSA) is 72.7 Å². The van der Waals surface area contributed by atoms with E-state index in [1.807, 2.05) is 43.6 Å². The molecule has 3 rings (SSSR count). The standard InChI is InChI=1S/C23H29N5O2.HI/c1-4-30-21-16-19(10-11-20(21)29-3)27-23(24-2)26-13-12-22-25-14-15-28(22)17-18-8-6-5-7-9-18;/h5-11,14-16H,4,12-13,17H2,1-3H3,(H2,24,26,27);1H. The van der Waals surface area contributed by atoms with Gasteiger partial charge in [-0.2, -0.15) is 0 Å². The highest BCUT2D eigenvalue weighted by atomic mass is 127. The fourth-order valence-electron chi connectivity index (χ4n) is 3.12. The summed E-state index contributed by atoms with van der Waals surface area (Å²) in [7, 11) is 3.38. The van der Waals surface area contributed by atoms with Gasteiger partial charge in [0.15, 0.2) is 17.5 Å². The number of hydrogen-bond acceptors (Lipinski definition) is 4. The fraction of sp³-hybridized carbons (Fsp3) is 0.304. The molecule has 2 N–H and O–H groups in total. The number of ether oxygens (including phenoxy) is 2. The minimum Gasteiger partial charge on any atom is -0.493 e. The van der Waals surface area contributed by atoms with Crippen LogP contribution < -0.4 is 20.1 Å². The number of anilines is 1. The van der Waals surface area contributed by atoms with Crippen molar-refractivity contribution in [1.29, 1.82) is 0 Å². The van der Waals surface area contributed by atoms with Gasteiger partial charge in [-0.15, -0.1) is 24.0 Å². The lowest BCUT2D eigenvalue weighted by molar-refractivity contribution is 0.311. The van der Waals surface area contributed by atoms with Gasteiger partial charge < -0.3 is 24.7 Å². The Morgan fingerprint density at radius 3 is 2.65 bits per heavy atom. The maximum Gasteiger partial charge on any atom is 0.195 e. The predicted octanol–water partition coefficient (Wildman–Crippen LogP) is 4.19. The molecule has 7 nitrogen and oxygen atoms in total. The average molecular weight is 535 g/mol. The molecule has 0 radical (unpaired) electrons. The van der Waals surface area contributed by atoms with Crippen LogP contribution in [0.5, 0.6) is 11.5 Å². The summed E-state index contributed by atoms with van der Waals surface area (Å²) in [5.41, 5.74) is 2.13. The maximum absolute atomic E-state index is 5.64. The molecule has 2 aromatic carbocycles. The molecular weight excluding hydrogens is 505 g/mol. The minimum atomic E-state index is 0. The molecule has 0 saturated carbocycles. The van der Waals surface area contributed by atoms with Crippen molar-refractivity contribution in [3.8, 4) is 11.5 Å². The van der Waals surface area contributed by atoms with Gasteiger partial charge in [-0.05, 0) is 24.6 Å². The van der Waals surface area contributed by atoms with Crippen LogP contribution in [0.15, 0.2) is 65.9 Å². The molecule has 166 valence electrons. The first-order valence-electron chi connectivity index (χ1n) is 10.1. The number of imidazole rings is 1. The quantitative estimate of drug-likeness (QED) is 0.244. The van der Waals surface area contributed by atoms with Crippen molar-refractivity contribution >= 4 is 35.6 Å². The van der Waals surface area contributed by atoms with E-state index >= 15 is 0 Å². The zero-order valence-electron chi connectivity index (χ0n) is 18.2. The summed E-state index contributed by atoms with van der Waals surface area (Å²) < 4.78 is 13.1. The van der Waals surface area contributed by atoms with Crippen LogP contribution in [0.25, 0.3) is 0 Å². The number of nitrogens with one attached hydrogen (secondary N) is 2. The zero-order chi connectivity index (χ0) is 21.2. The number of hydrogen-bond donors (Lipinski definition) is 2. The van der Waals surface area contributed by atoms with Gasteiger partial charge in [-0.1, -0.05) is 30.3 Å². The number of guanidine groups is 1. The molecule has 0 amide bonds. The molecule has 0 aliphatic carbocycles. The Hall–Kier alpha value is -2.75. The van der Waals surface area contributed by atoms with Crippen LogP contribution in [0.3, 0.4) is 0 Å². The largest absolute Gasteiger partial charge is 0.493 e. The smallest absolute Gasteiger partial charge is 0.195 e. The number of aliphatic imine (C=N–C) groups is 1. The highest BCUT2D eigenvalue weighted by molar-refractivity contribution is 14.0. The molecule has 0 aliphatic heterocycles. The van der Waals surface area contributed by atoms with Crippen molar-refractivity contribution in [2.75, 3.05) is 32.6 Å². The monoisotopic (exact) mass is 535 g/mol. The Morgan fingerprint density at radius 1 is 1.13 bits per heavy atom. The van der Waals surface area contributed by atoms with Gasteiger partial charge in [0, 0.05) is 50.7 Å². The lowest BCUT2D eigenvalue weighted by atomic mass is 10.2. The molecule has 0 spiro atoms. The second-order valence-electron chi connectivity index (χ2n) is 6.63. The van der Waals surface area contributed by atoms with E-state index in [2.05, 4.69) is 49.4 Å². The van der Waals surface area contributed by atoms with Gasteiger partial charge in [0.1, 0.15) is 5.82 Å². The van der Waals surface area contributed by atoms with Crippen LogP contribution in [-0.4, -0.2) is 42.8 Å². The summed E-state index contributed by atoms with van der Waals surface area (Å²) >= 11 is 0. The van der Waals surface area contributed by atoms with E-state index in [-0.39, 0.29) is 24.0 Å². The van der Waals surface area contributed by atoms with E-state index in [1.165, 1.54) is 5.56 Å². The van der Waals surface area contributed by atoms with Gasteiger partial charge in [0.05, 0.1) is 13.7 Å². The second-order valence-corrected chi connectivity index (χ2v) is 6.63. The molecule has 0 fully saturated rings. The number of nitrogens with zero attached hydrogens (tertiary/aromatic N) is 3. The third-order valence-corrected chi connectivity index (χ3v) is 4.59. The summed E-state index contributed by atoms with van der Waals surface area (Å²) in [6.45, 7) is 4.04. The minimum absolute atomic E-state index is 0. The van der Waals surface area contributed by atoms with Crippen molar-refractivity contribution in [3.63, 3.8) is 0 Å². The van der Waals surface area contributed by atoms with Crippen LogP contribution in [0.2, 0.25) is 0 Å². The summed E-state index contributed by atoms with van der Waals surface area (Å²) in [6, 6.07) is 16.1. The number of rotatable bonds is 9.